The van der Waals surface area contributed by atoms with Gasteiger partial charge in [0.2, 0.25) is 0 Å². The number of nitrogens with zero attached hydrogens (tertiary/aromatic N) is 1. The van der Waals surface area contributed by atoms with Crippen molar-refractivity contribution < 1.29 is 9.84 Å². The summed E-state index contributed by atoms with van der Waals surface area (Å²) in [4.78, 5) is 2.31. The molecule has 1 aliphatic rings. The first-order valence-corrected chi connectivity index (χ1v) is 4.75. The Morgan fingerprint density at radius 2 is 2.42 bits per heavy atom. The summed E-state index contributed by atoms with van der Waals surface area (Å²) in [5, 5.41) is 9.45. The zero-order valence-electron chi connectivity index (χ0n) is 7.99. The molecule has 1 fully saturated rings. The monoisotopic (exact) mass is 173 g/mol. The number of hydrogen-bond acceptors (Lipinski definition) is 3. The largest absolute Gasteiger partial charge is 0.392 e. The molecule has 0 radical (unpaired) electrons. The topological polar surface area (TPSA) is 32.7 Å². The molecule has 72 valence electrons. The van der Waals surface area contributed by atoms with E-state index in [1.54, 1.807) is 0 Å². The quantitative estimate of drug-likeness (QED) is 0.673. The first-order valence-electron chi connectivity index (χ1n) is 4.75. The summed E-state index contributed by atoms with van der Waals surface area (Å²) < 4.78 is 5.32. The highest BCUT2D eigenvalue weighted by molar-refractivity contribution is 4.78. The molecule has 12 heavy (non-hydrogen) atoms. The van der Waals surface area contributed by atoms with Gasteiger partial charge in [-0.15, -0.1) is 0 Å². The van der Waals surface area contributed by atoms with Gasteiger partial charge in [0.1, 0.15) is 0 Å². The minimum atomic E-state index is -0.281. The SMILES string of the molecule is CCCN1CCOCC1C(C)O. The zero-order valence-corrected chi connectivity index (χ0v) is 7.99. The summed E-state index contributed by atoms with van der Waals surface area (Å²) in [6, 6.07) is 0.207. The van der Waals surface area contributed by atoms with Crippen LogP contribution in [-0.4, -0.2) is 48.5 Å². The van der Waals surface area contributed by atoms with E-state index in [-0.39, 0.29) is 12.1 Å². The van der Waals surface area contributed by atoms with Gasteiger partial charge in [-0.2, -0.15) is 0 Å². The van der Waals surface area contributed by atoms with Gasteiger partial charge in [-0.3, -0.25) is 4.90 Å². The van der Waals surface area contributed by atoms with Crippen LogP contribution in [0.1, 0.15) is 20.3 Å². The fourth-order valence-electron chi connectivity index (χ4n) is 1.67. The molecular formula is C9H19NO2. The second-order valence-electron chi connectivity index (χ2n) is 3.42. The van der Waals surface area contributed by atoms with E-state index < -0.39 is 0 Å². The molecule has 3 nitrogen and oxygen atoms in total. The number of morpholine rings is 1. The van der Waals surface area contributed by atoms with Crippen LogP contribution in [0.4, 0.5) is 0 Å². The van der Waals surface area contributed by atoms with Crippen LogP contribution in [0.3, 0.4) is 0 Å². The van der Waals surface area contributed by atoms with Gasteiger partial charge < -0.3 is 9.84 Å². The van der Waals surface area contributed by atoms with Crippen LogP contribution in [0.15, 0.2) is 0 Å². The molecule has 0 bridgehead atoms. The van der Waals surface area contributed by atoms with E-state index in [0.717, 1.165) is 26.1 Å². The Balaban J connectivity index is 2.42. The van der Waals surface area contributed by atoms with Gasteiger partial charge in [-0.25, -0.2) is 0 Å². The van der Waals surface area contributed by atoms with Crippen molar-refractivity contribution in [2.24, 2.45) is 0 Å². The molecule has 1 rings (SSSR count). The fraction of sp³-hybridized carbons (Fsp3) is 1.00. The number of aliphatic hydroxyl groups is 1. The van der Waals surface area contributed by atoms with Crippen molar-refractivity contribution in [1.29, 1.82) is 0 Å². The van der Waals surface area contributed by atoms with Crippen molar-refractivity contribution in [3.8, 4) is 0 Å². The third kappa shape index (κ3) is 2.44. The van der Waals surface area contributed by atoms with Crippen LogP contribution in [0.5, 0.6) is 0 Å². The van der Waals surface area contributed by atoms with Gasteiger partial charge in [-0.1, -0.05) is 6.92 Å². The summed E-state index contributed by atoms with van der Waals surface area (Å²) in [5.74, 6) is 0. The van der Waals surface area contributed by atoms with Crippen LogP contribution in [0.25, 0.3) is 0 Å². The standard InChI is InChI=1S/C9H19NO2/c1-3-4-10-5-6-12-7-9(10)8(2)11/h8-9,11H,3-7H2,1-2H3. The van der Waals surface area contributed by atoms with Gasteiger partial charge in [0.05, 0.1) is 25.4 Å². The molecule has 3 heteroatoms. The maximum atomic E-state index is 9.45. The predicted molar refractivity (Wildman–Crippen MR) is 48.2 cm³/mol. The Morgan fingerprint density at radius 1 is 1.67 bits per heavy atom. The molecule has 1 heterocycles. The first kappa shape index (κ1) is 9.96. The predicted octanol–water partition coefficient (Wildman–Crippen LogP) is 0.478. The Bertz CT molecular complexity index is 126. The molecule has 1 aliphatic heterocycles. The van der Waals surface area contributed by atoms with Crippen molar-refractivity contribution >= 4 is 0 Å². The van der Waals surface area contributed by atoms with Gasteiger partial charge >= 0.3 is 0 Å². The minimum absolute atomic E-state index is 0.207. The van der Waals surface area contributed by atoms with Crippen molar-refractivity contribution in [2.45, 2.75) is 32.4 Å². The molecule has 2 atom stereocenters. The third-order valence-corrected chi connectivity index (χ3v) is 2.35. The average molecular weight is 173 g/mol. The summed E-state index contributed by atoms with van der Waals surface area (Å²) in [5.41, 5.74) is 0. The van der Waals surface area contributed by atoms with E-state index in [9.17, 15) is 5.11 Å². The normalized spacial score (nSPS) is 28.8. The molecule has 0 aromatic rings. The first-order chi connectivity index (χ1) is 5.75. The van der Waals surface area contributed by atoms with Gasteiger partial charge in [0.25, 0.3) is 0 Å². The van der Waals surface area contributed by atoms with Crippen LogP contribution in [0, 0.1) is 0 Å². The number of hydrogen-bond donors (Lipinski definition) is 1. The Morgan fingerprint density at radius 3 is 3.00 bits per heavy atom. The molecule has 0 amide bonds. The zero-order chi connectivity index (χ0) is 8.97. The second-order valence-corrected chi connectivity index (χ2v) is 3.42. The lowest BCUT2D eigenvalue weighted by atomic mass is 10.1. The number of rotatable bonds is 3. The van der Waals surface area contributed by atoms with Crippen molar-refractivity contribution in [1.82, 2.24) is 4.90 Å². The highest BCUT2D eigenvalue weighted by atomic mass is 16.5. The van der Waals surface area contributed by atoms with Gasteiger partial charge in [0.15, 0.2) is 0 Å². The van der Waals surface area contributed by atoms with Crippen LogP contribution < -0.4 is 0 Å². The average Bonchev–Trinajstić information content (AvgIpc) is 2.05. The highest BCUT2D eigenvalue weighted by Crippen LogP contribution is 2.10. The van der Waals surface area contributed by atoms with Gasteiger partial charge in [0, 0.05) is 6.54 Å². The van der Waals surface area contributed by atoms with Crippen molar-refractivity contribution in [3.63, 3.8) is 0 Å². The van der Waals surface area contributed by atoms with Gasteiger partial charge in [-0.05, 0) is 19.9 Å². The van der Waals surface area contributed by atoms with E-state index in [4.69, 9.17) is 4.74 Å². The van der Waals surface area contributed by atoms with Crippen molar-refractivity contribution in [2.75, 3.05) is 26.3 Å². The molecule has 0 spiro atoms. The van der Waals surface area contributed by atoms with E-state index in [2.05, 4.69) is 11.8 Å². The maximum absolute atomic E-state index is 9.45. The lowest BCUT2D eigenvalue weighted by molar-refractivity contribution is -0.0528. The van der Waals surface area contributed by atoms with E-state index >= 15 is 0 Å². The molecule has 0 aromatic heterocycles. The minimum Gasteiger partial charge on any atom is -0.392 e. The summed E-state index contributed by atoms with van der Waals surface area (Å²) in [6.45, 7) is 7.51. The van der Waals surface area contributed by atoms with Crippen LogP contribution in [0.2, 0.25) is 0 Å². The summed E-state index contributed by atoms with van der Waals surface area (Å²) in [7, 11) is 0. The van der Waals surface area contributed by atoms with E-state index in [1.807, 2.05) is 6.92 Å². The van der Waals surface area contributed by atoms with Crippen molar-refractivity contribution in [3.05, 3.63) is 0 Å². The third-order valence-electron chi connectivity index (χ3n) is 2.35. The summed E-state index contributed by atoms with van der Waals surface area (Å²) in [6.07, 6.45) is 0.861. The lowest BCUT2D eigenvalue weighted by Gasteiger charge is -2.36. The second kappa shape index (κ2) is 4.80. The molecular weight excluding hydrogens is 154 g/mol. The van der Waals surface area contributed by atoms with E-state index in [1.165, 1.54) is 0 Å². The molecule has 1 N–H and O–H groups in total. The maximum Gasteiger partial charge on any atom is 0.0689 e. The highest BCUT2D eigenvalue weighted by Gasteiger charge is 2.25. The lowest BCUT2D eigenvalue weighted by Crippen LogP contribution is -2.50. The molecule has 1 saturated heterocycles. The molecule has 0 saturated carbocycles. The van der Waals surface area contributed by atoms with Crippen LogP contribution in [-0.2, 0) is 4.74 Å². The summed E-state index contributed by atoms with van der Waals surface area (Å²) >= 11 is 0. The van der Waals surface area contributed by atoms with Crippen LogP contribution >= 0.6 is 0 Å². The van der Waals surface area contributed by atoms with E-state index in [0.29, 0.717) is 6.61 Å². The Hall–Kier alpha value is -0.120. The Kier molecular flexibility index (Phi) is 3.98. The fourth-order valence-corrected chi connectivity index (χ4v) is 1.67. The number of ether oxygens (including phenoxy) is 1. The molecule has 0 aromatic carbocycles. The smallest absolute Gasteiger partial charge is 0.0689 e. The Labute approximate surface area is 74.3 Å². The molecule has 0 aliphatic carbocycles. The number of aliphatic hydroxyl groups excluding tert-OH is 1. The molecule has 2 unspecified atom stereocenters.